The second-order valence-corrected chi connectivity index (χ2v) is 5.45. The molecule has 1 heterocycles. The molecule has 0 fully saturated rings. The highest BCUT2D eigenvalue weighted by molar-refractivity contribution is 5.79. The van der Waals surface area contributed by atoms with E-state index >= 15 is 0 Å². The molecule has 0 unspecified atom stereocenters. The minimum atomic E-state index is 0.542. The molecule has 0 amide bonds. The summed E-state index contributed by atoms with van der Waals surface area (Å²) in [6.45, 7) is 10.2. The number of hydrogen-bond donors (Lipinski definition) is 1. The van der Waals surface area contributed by atoms with Crippen molar-refractivity contribution >= 4 is 5.96 Å². The van der Waals surface area contributed by atoms with Gasteiger partial charge in [-0.2, -0.15) is 0 Å². The van der Waals surface area contributed by atoms with Crippen molar-refractivity contribution in [2.24, 2.45) is 12.0 Å². The highest BCUT2D eigenvalue weighted by Gasteiger charge is 2.08. The summed E-state index contributed by atoms with van der Waals surface area (Å²) in [7, 11) is 4.05. The first-order chi connectivity index (χ1) is 10.6. The van der Waals surface area contributed by atoms with Gasteiger partial charge in [0.25, 0.3) is 0 Å². The largest absolute Gasteiger partial charge is 0.357 e. The van der Waals surface area contributed by atoms with Gasteiger partial charge in [-0.05, 0) is 33.1 Å². The highest BCUT2D eigenvalue weighted by Crippen LogP contribution is 2.03. The number of aliphatic imine (C=N–C) groups is 1. The number of hydrogen-bond acceptors (Lipinski definition) is 3. The lowest BCUT2D eigenvalue weighted by atomic mass is 10.2. The van der Waals surface area contributed by atoms with E-state index in [-0.39, 0.29) is 0 Å². The van der Waals surface area contributed by atoms with Crippen molar-refractivity contribution in [3.8, 4) is 0 Å². The molecule has 0 aliphatic rings. The molecule has 0 aliphatic heterocycles. The van der Waals surface area contributed by atoms with E-state index in [1.165, 1.54) is 12.8 Å². The fraction of sp³-hybridized carbons (Fsp3) is 0.688. The second kappa shape index (κ2) is 9.97. The van der Waals surface area contributed by atoms with Gasteiger partial charge in [0.05, 0.1) is 0 Å². The number of nitrogens with zero attached hydrogens (tertiary/aromatic N) is 5. The van der Waals surface area contributed by atoms with Crippen LogP contribution in [0, 0.1) is 6.92 Å². The molecule has 124 valence electrons. The maximum Gasteiger partial charge on any atom is 0.194 e. The molecular formula is C16H30N6. The normalized spacial score (nSPS) is 11.5. The van der Waals surface area contributed by atoms with Crippen LogP contribution in [0.3, 0.4) is 0 Å². The molecule has 1 N–H and O–H groups in total. The topological polar surface area (TPSA) is 58.3 Å². The molecule has 0 spiro atoms. The Bertz CT molecular complexity index is 477. The van der Waals surface area contributed by atoms with Gasteiger partial charge in [0.1, 0.15) is 12.4 Å². The van der Waals surface area contributed by atoms with E-state index in [0.717, 1.165) is 43.5 Å². The number of allylic oxidation sites excluding steroid dienone is 1. The minimum Gasteiger partial charge on any atom is -0.357 e. The van der Waals surface area contributed by atoms with Crippen LogP contribution in [0.5, 0.6) is 0 Å². The molecular weight excluding hydrogens is 276 g/mol. The van der Waals surface area contributed by atoms with E-state index in [2.05, 4.69) is 46.0 Å². The predicted molar refractivity (Wildman–Crippen MR) is 91.9 cm³/mol. The first-order valence-electron chi connectivity index (χ1n) is 8.05. The fourth-order valence-corrected chi connectivity index (χ4v) is 2.12. The van der Waals surface area contributed by atoms with Gasteiger partial charge in [-0.25, -0.2) is 4.99 Å². The first-order valence-corrected chi connectivity index (χ1v) is 8.05. The lowest BCUT2D eigenvalue weighted by Crippen LogP contribution is -2.39. The molecule has 6 nitrogen and oxygen atoms in total. The standard InChI is InChI=1S/C16H30N6/c1-6-8-9-10-11-12-21(4)16(17-7-2)18-13-15-20-19-14(3)22(15)5/h6H,1,7-13H2,2-5H3,(H,17,18). The molecule has 0 saturated heterocycles. The highest BCUT2D eigenvalue weighted by atomic mass is 15.3. The van der Waals surface area contributed by atoms with E-state index in [9.17, 15) is 0 Å². The number of aryl methyl sites for hydroxylation is 1. The summed E-state index contributed by atoms with van der Waals surface area (Å²) in [5, 5.41) is 11.6. The van der Waals surface area contributed by atoms with Crippen LogP contribution in [0.4, 0.5) is 0 Å². The van der Waals surface area contributed by atoms with E-state index in [0.29, 0.717) is 6.54 Å². The van der Waals surface area contributed by atoms with Crippen molar-refractivity contribution in [2.45, 2.75) is 46.1 Å². The van der Waals surface area contributed by atoms with Gasteiger partial charge in [0.15, 0.2) is 11.8 Å². The fourth-order valence-electron chi connectivity index (χ4n) is 2.12. The summed E-state index contributed by atoms with van der Waals surface area (Å²) in [6.07, 6.45) is 6.68. The van der Waals surface area contributed by atoms with Gasteiger partial charge in [0.2, 0.25) is 0 Å². The van der Waals surface area contributed by atoms with Crippen LogP contribution in [-0.4, -0.2) is 45.8 Å². The zero-order valence-electron chi connectivity index (χ0n) is 14.5. The summed E-state index contributed by atoms with van der Waals surface area (Å²) in [4.78, 5) is 6.85. The third kappa shape index (κ3) is 5.87. The number of unbranched alkanes of at least 4 members (excludes halogenated alkanes) is 3. The molecule has 0 bridgehead atoms. The quantitative estimate of drug-likeness (QED) is 0.329. The maximum atomic E-state index is 4.66. The summed E-state index contributed by atoms with van der Waals surface area (Å²) < 4.78 is 1.97. The van der Waals surface area contributed by atoms with Crippen LogP contribution in [0.2, 0.25) is 0 Å². The van der Waals surface area contributed by atoms with Crippen LogP contribution in [0.15, 0.2) is 17.6 Å². The van der Waals surface area contributed by atoms with Gasteiger partial charge in [0, 0.05) is 27.2 Å². The van der Waals surface area contributed by atoms with Gasteiger partial charge in [-0.1, -0.05) is 12.5 Å². The molecule has 1 rings (SSSR count). The van der Waals surface area contributed by atoms with Crippen LogP contribution in [0.1, 0.15) is 44.3 Å². The molecule has 0 radical (unpaired) electrons. The Labute approximate surface area is 134 Å². The van der Waals surface area contributed by atoms with Crippen LogP contribution in [0.25, 0.3) is 0 Å². The van der Waals surface area contributed by atoms with Crippen molar-refractivity contribution in [3.05, 3.63) is 24.3 Å². The maximum absolute atomic E-state index is 4.66. The zero-order chi connectivity index (χ0) is 16.4. The molecule has 0 aromatic carbocycles. The molecule has 0 aliphatic carbocycles. The third-order valence-corrected chi connectivity index (χ3v) is 3.65. The Hall–Kier alpha value is -1.85. The Morgan fingerprint density at radius 1 is 1.36 bits per heavy atom. The number of nitrogens with one attached hydrogen (secondary N) is 1. The summed E-state index contributed by atoms with van der Waals surface area (Å²) in [5.41, 5.74) is 0. The van der Waals surface area contributed by atoms with Gasteiger partial charge in [-0.15, -0.1) is 16.8 Å². The van der Waals surface area contributed by atoms with E-state index in [1.807, 2.05) is 24.6 Å². The van der Waals surface area contributed by atoms with Gasteiger partial charge in [-0.3, -0.25) is 0 Å². The van der Waals surface area contributed by atoms with E-state index in [4.69, 9.17) is 0 Å². The van der Waals surface area contributed by atoms with Gasteiger partial charge >= 0.3 is 0 Å². The average molecular weight is 306 g/mol. The van der Waals surface area contributed by atoms with Crippen molar-refractivity contribution < 1.29 is 0 Å². The molecule has 0 saturated carbocycles. The monoisotopic (exact) mass is 306 g/mol. The lowest BCUT2D eigenvalue weighted by molar-refractivity contribution is 0.454. The van der Waals surface area contributed by atoms with E-state index in [1.54, 1.807) is 0 Å². The first kappa shape index (κ1) is 18.2. The molecule has 6 heteroatoms. The molecule has 0 atom stereocenters. The Kier molecular flexibility index (Phi) is 8.25. The molecule has 22 heavy (non-hydrogen) atoms. The Balaban J connectivity index is 2.53. The van der Waals surface area contributed by atoms with Crippen molar-refractivity contribution in [1.82, 2.24) is 25.0 Å². The summed E-state index contributed by atoms with van der Waals surface area (Å²) in [6, 6.07) is 0. The number of guanidine groups is 1. The smallest absolute Gasteiger partial charge is 0.194 e. The van der Waals surface area contributed by atoms with Crippen molar-refractivity contribution in [3.63, 3.8) is 0 Å². The summed E-state index contributed by atoms with van der Waals surface area (Å²) in [5.74, 6) is 2.71. The molecule has 1 aromatic heterocycles. The van der Waals surface area contributed by atoms with Crippen molar-refractivity contribution in [1.29, 1.82) is 0 Å². The lowest BCUT2D eigenvalue weighted by Gasteiger charge is -2.22. The van der Waals surface area contributed by atoms with Crippen molar-refractivity contribution in [2.75, 3.05) is 20.1 Å². The average Bonchev–Trinajstić information content (AvgIpc) is 2.82. The SMILES string of the molecule is C=CCCCCCN(C)C(=NCc1nnc(C)n1C)NCC. The minimum absolute atomic E-state index is 0.542. The second-order valence-electron chi connectivity index (χ2n) is 5.45. The van der Waals surface area contributed by atoms with Crippen LogP contribution < -0.4 is 5.32 Å². The van der Waals surface area contributed by atoms with Crippen LogP contribution >= 0.6 is 0 Å². The van der Waals surface area contributed by atoms with Gasteiger partial charge < -0.3 is 14.8 Å². The molecule has 1 aromatic rings. The predicted octanol–water partition coefficient (Wildman–Crippen LogP) is 2.27. The van der Waals surface area contributed by atoms with Crippen LogP contribution in [-0.2, 0) is 13.6 Å². The zero-order valence-corrected chi connectivity index (χ0v) is 14.5. The Morgan fingerprint density at radius 2 is 2.14 bits per heavy atom. The summed E-state index contributed by atoms with van der Waals surface area (Å²) >= 11 is 0. The number of aromatic nitrogens is 3. The Morgan fingerprint density at radius 3 is 2.73 bits per heavy atom. The van der Waals surface area contributed by atoms with E-state index < -0.39 is 0 Å². The third-order valence-electron chi connectivity index (χ3n) is 3.65. The number of rotatable bonds is 9.